The third-order valence-corrected chi connectivity index (χ3v) is 4.18. The van der Waals surface area contributed by atoms with Gasteiger partial charge in [0.15, 0.2) is 11.6 Å². The number of aryl methyl sites for hydroxylation is 4. The van der Waals surface area contributed by atoms with E-state index in [1.165, 1.54) is 12.1 Å². The standard InChI is InChI=1S/C21H20F2N4O/c1-11-7-12(2)19(13(3)8-11)27-21-24-14(4)9-18(26-21)20(28)25-15-5-6-16(22)17(23)10-15/h5-10H,1-4H3,(H,25,28)(H,24,26,27). The van der Waals surface area contributed by atoms with Crippen LogP contribution in [-0.2, 0) is 0 Å². The molecule has 0 fully saturated rings. The summed E-state index contributed by atoms with van der Waals surface area (Å²) in [7, 11) is 0. The lowest BCUT2D eigenvalue weighted by Gasteiger charge is -2.14. The van der Waals surface area contributed by atoms with Crippen LogP contribution in [-0.4, -0.2) is 15.9 Å². The van der Waals surface area contributed by atoms with Crippen molar-refractivity contribution in [3.8, 4) is 0 Å². The minimum Gasteiger partial charge on any atom is -0.324 e. The second kappa shape index (κ2) is 7.72. The molecule has 3 rings (SSSR count). The van der Waals surface area contributed by atoms with Crippen molar-refractivity contribution in [1.29, 1.82) is 0 Å². The first-order valence-electron chi connectivity index (χ1n) is 8.70. The smallest absolute Gasteiger partial charge is 0.274 e. The topological polar surface area (TPSA) is 66.9 Å². The Hall–Kier alpha value is -3.35. The fourth-order valence-corrected chi connectivity index (χ4v) is 3.00. The van der Waals surface area contributed by atoms with Crippen LogP contribution in [0.1, 0.15) is 32.9 Å². The molecule has 0 atom stereocenters. The molecule has 0 saturated heterocycles. The van der Waals surface area contributed by atoms with Crippen LogP contribution in [0.5, 0.6) is 0 Å². The van der Waals surface area contributed by atoms with Gasteiger partial charge in [0, 0.05) is 23.1 Å². The van der Waals surface area contributed by atoms with E-state index in [2.05, 4.69) is 20.6 Å². The van der Waals surface area contributed by atoms with Gasteiger partial charge in [0.25, 0.3) is 5.91 Å². The van der Waals surface area contributed by atoms with E-state index >= 15 is 0 Å². The predicted molar refractivity (Wildman–Crippen MR) is 105 cm³/mol. The van der Waals surface area contributed by atoms with Crippen molar-refractivity contribution in [2.45, 2.75) is 27.7 Å². The molecule has 0 radical (unpaired) electrons. The number of rotatable bonds is 4. The lowest BCUT2D eigenvalue weighted by atomic mass is 10.1. The fourth-order valence-electron chi connectivity index (χ4n) is 3.00. The van der Waals surface area contributed by atoms with Crippen LogP contribution >= 0.6 is 0 Å². The SMILES string of the molecule is Cc1cc(C)c(Nc2nc(C)cc(C(=O)Nc3ccc(F)c(F)c3)n2)c(C)c1. The summed E-state index contributed by atoms with van der Waals surface area (Å²) in [6, 6.07) is 8.76. The van der Waals surface area contributed by atoms with E-state index in [-0.39, 0.29) is 17.3 Å². The molecule has 0 spiro atoms. The van der Waals surface area contributed by atoms with E-state index in [4.69, 9.17) is 0 Å². The van der Waals surface area contributed by atoms with Crippen molar-refractivity contribution < 1.29 is 13.6 Å². The Morgan fingerprint density at radius 1 is 0.893 bits per heavy atom. The second-order valence-corrected chi connectivity index (χ2v) is 6.70. The first kappa shape index (κ1) is 19.4. The molecule has 0 saturated carbocycles. The minimum atomic E-state index is -1.04. The molecule has 1 heterocycles. The predicted octanol–water partition coefficient (Wildman–Crippen LogP) is 4.98. The van der Waals surface area contributed by atoms with Gasteiger partial charge in [0.2, 0.25) is 5.95 Å². The highest BCUT2D eigenvalue weighted by atomic mass is 19.2. The van der Waals surface area contributed by atoms with Crippen LogP contribution in [0, 0.1) is 39.3 Å². The minimum absolute atomic E-state index is 0.113. The van der Waals surface area contributed by atoms with Crippen molar-refractivity contribution in [2.24, 2.45) is 0 Å². The van der Waals surface area contributed by atoms with Gasteiger partial charge in [0.1, 0.15) is 5.69 Å². The summed E-state index contributed by atoms with van der Waals surface area (Å²) in [6.07, 6.45) is 0. The van der Waals surface area contributed by atoms with Crippen LogP contribution in [0.25, 0.3) is 0 Å². The Labute approximate surface area is 161 Å². The van der Waals surface area contributed by atoms with Crippen LogP contribution < -0.4 is 10.6 Å². The molecule has 2 aromatic carbocycles. The van der Waals surface area contributed by atoms with E-state index in [1.807, 2.05) is 32.9 Å². The Balaban J connectivity index is 1.87. The zero-order valence-electron chi connectivity index (χ0n) is 16.0. The van der Waals surface area contributed by atoms with Crippen molar-refractivity contribution in [1.82, 2.24) is 9.97 Å². The first-order valence-corrected chi connectivity index (χ1v) is 8.70. The van der Waals surface area contributed by atoms with E-state index < -0.39 is 17.5 Å². The average Bonchev–Trinajstić information content (AvgIpc) is 2.61. The summed E-state index contributed by atoms with van der Waals surface area (Å²) in [6.45, 7) is 7.73. The Morgan fingerprint density at radius 2 is 1.57 bits per heavy atom. The molecule has 28 heavy (non-hydrogen) atoms. The van der Waals surface area contributed by atoms with E-state index in [0.717, 1.165) is 34.5 Å². The lowest BCUT2D eigenvalue weighted by molar-refractivity contribution is 0.102. The lowest BCUT2D eigenvalue weighted by Crippen LogP contribution is -2.16. The summed E-state index contributed by atoms with van der Waals surface area (Å²) in [5, 5.41) is 5.68. The number of nitrogens with zero attached hydrogens (tertiary/aromatic N) is 2. The zero-order valence-corrected chi connectivity index (χ0v) is 16.0. The summed E-state index contributed by atoms with van der Waals surface area (Å²) < 4.78 is 26.4. The molecule has 1 amide bonds. The molecule has 1 aromatic heterocycles. The number of anilines is 3. The van der Waals surface area contributed by atoms with Crippen molar-refractivity contribution >= 4 is 23.2 Å². The summed E-state index contributed by atoms with van der Waals surface area (Å²) >= 11 is 0. The third-order valence-electron chi connectivity index (χ3n) is 4.18. The highest BCUT2D eigenvalue weighted by molar-refractivity contribution is 6.03. The molecule has 0 aliphatic carbocycles. The number of aromatic nitrogens is 2. The molecule has 7 heteroatoms. The summed E-state index contributed by atoms with van der Waals surface area (Å²) in [4.78, 5) is 21.1. The largest absolute Gasteiger partial charge is 0.324 e. The van der Waals surface area contributed by atoms with Gasteiger partial charge in [-0.1, -0.05) is 17.7 Å². The van der Waals surface area contributed by atoms with Crippen molar-refractivity contribution in [3.63, 3.8) is 0 Å². The number of hydrogen-bond acceptors (Lipinski definition) is 4. The molecular weight excluding hydrogens is 362 g/mol. The number of benzene rings is 2. The van der Waals surface area contributed by atoms with Crippen LogP contribution in [0.15, 0.2) is 36.4 Å². The molecular formula is C21H20F2N4O. The highest BCUT2D eigenvalue weighted by Gasteiger charge is 2.14. The van der Waals surface area contributed by atoms with Crippen LogP contribution in [0.2, 0.25) is 0 Å². The van der Waals surface area contributed by atoms with E-state index in [1.54, 1.807) is 6.92 Å². The number of nitrogens with one attached hydrogen (secondary N) is 2. The van der Waals surface area contributed by atoms with Gasteiger partial charge in [-0.05, 0) is 57.0 Å². The van der Waals surface area contributed by atoms with E-state index in [0.29, 0.717) is 5.69 Å². The summed E-state index contributed by atoms with van der Waals surface area (Å²) in [5.41, 5.74) is 4.95. The number of carbonyl (C=O) groups excluding carboxylic acids is 1. The Bertz CT molecular complexity index is 1040. The Kier molecular flexibility index (Phi) is 5.35. The van der Waals surface area contributed by atoms with Gasteiger partial charge in [-0.2, -0.15) is 0 Å². The average molecular weight is 382 g/mol. The molecule has 0 aliphatic rings. The maximum Gasteiger partial charge on any atom is 0.274 e. The first-order chi connectivity index (χ1) is 13.2. The van der Waals surface area contributed by atoms with Gasteiger partial charge in [0.05, 0.1) is 0 Å². The monoisotopic (exact) mass is 382 g/mol. The third kappa shape index (κ3) is 4.31. The van der Waals surface area contributed by atoms with Crippen LogP contribution in [0.3, 0.4) is 0 Å². The number of amides is 1. The molecule has 5 nitrogen and oxygen atoms in total. The normalized spacial score (nSPS) is 10.6. The van der Waals surface area contributed by atoms with Crippen LogP contribution in [0.4, 0.5) is 26.1 Å². The molecule has 0 unspecified atom stereocenters. The fraction of sp³-hybridized carbons (Fsp3) is 0.190. The maximum absolute atomic E-state index is 13.3. The Morgan fingerprint density at radius 3 is 2.21 bits per heavy atom. The zero-order chi connectivity index (χ0) is 20.4. The van der Waals surface area contributed by atoms with Gasteiger partial charge < -0.3 is 10.6 Å². The van der Waals surface area contributed by atoms with Crippen molar-refractivity contribution in [3.05, 3.63) is 76.1 Å². The van der Waals surface area contributed by atoms with E-state index in [9.17, 15) is 13.6 Å². The molecule has 0 aliphatic heterocycles. The van der Waals surface area contributed by atoms with Gasteiger partial charge in [-0.3, -0.25) is 4.79 Å². The number of carbonyl (C=O) groups is 1. The molecule has 144 valence electrons. The van der Waals surface area contributed by atoms with Gasteiger partial charge in [-0.25, -0.2) is 18.7 Å². The van der Waals surface area contributed by atoms with Crippen molar-refractivity contribution in [2.75, 3.05) is 10.6 Å². The quantitative estimate of drug-likeness (QED) is 0.668. The second-order valence-electron chi connectivity index (χ2n) is 6.70. The van der Waals surface area contributed by atoms with Gasteiger partial charge >= 0.3 is 0 Å². The van der Waals surface area contributed by atoms with Gasteiger partial charge in [-0.15, -0.1) is 0 Å². The number of halogens is 2. The molecule has 2 N–H and O–H groups in total. The molecule has 3 aromatic rings. The number of hydrogen-bond donors (Lipinski definition) is 2. The summed E-state index contributed by atoms with van der Waals surface area (Å²) in [5.74, 6) is -2.28. The molecule has 0 bridgehead atoms. The maximum atomic E-state index is 13.3. The highest BCUT2D eigenvalue weighted by Crippen LogP contribution is 2.25.